The number of carbonyl (C=O) groups is 3. The van der Waals surface area contributed by atoms with Gasteiger partial charge in [-0.2, -0.15) is 0 Å². The molecule has 2 N–H and O–H groups in total. The summed E-state index contributed by atoms with van der Waals surface area (Å²) in [5.41, 5.74) is 0.772. The number of hydrogen-bond acceptors (Lipinski definition) is 5. The van der Waals surface area contributed by atoms with Crippen molar-refractivity contribution in [3.05, 3.63) is 41.0 Å². The second-order valence-electron chi connectivity index (χ2n) is 4.74. The zero-order chi connectivity index (χ0) is 15.9. The number of hydrogen-bond donors (Lipinski definition) is 2. The summed E-state index contributed by atoms with van der Waals surface area (Å²) in [4.78, 5) is 34.9. The molecule has 0 fully saturated rings. The van der Waals surface area contributed by atoms with Crippen molar-refractivity contribution < 1.29 is 24.2 Å². The highest BCUT2D eigenvalue weighted by Gasteiger charge is 2.29. The number of esters is 2. The third-order valence-electron chi connectivity index (χ3n) is 3.46. The van der Waals surface area contributed by atoms with Crippen molar-refractivity contribution in [2.45, 2.75) is 6.54 Å². The van der Waals surface area contributed by atoms with Crippen LogP contribution >= 0.6 is 11.6 Å². The number of rotatable bonds is 3. The number of cyclic esters (lactones) is 2. The highest BCUT2D eigenvalue weighted by atomic mass is 35.5. The van der Waals surface area contributed by atoms with Crippen molar-refractivity contribution in [3.63, 3.8) is 0 Å². The first-order valence-corrected chi connectivity index (χ1v) is 6.93. The van der Waals surface area contributed by atoms with E-state index >= 15 is 0 Å². The second-order valence-corrected chi connectivity index (χ2v) is 5.00. The summed E-state index contributed by atoms with van der Waals surface area (Å²) < 4.78 is 4.64. The molecule has 22 heavy (non-hydrogen) atoms. The number of benzene rings is 2. The van der Waals surface area contributed by atoms with Crippen LogP contribution in [-0.2, 0) is 16.1 Å². The first kappa shape index (κ1) is 14.3. The highest BCUT2D eigenvalue weighted by molar-refractivity contribution is 6.27. The van der Waals surface area contributed by atoms with Crippen molar-refractivity contribution in [2.24, 2.45) is 0 Å². The van der Waals surface area contributed by atoms with Gasteiger partial charge in [0.1, 0.15) is 11.6 Å². The molecule has 0 saturated heterocycles. The lowest BCUT2D eigenvalue weighted by Gasteiger charge is -2.18. The number of aromatic hydroxyl groups is 1. The van der Waals surface area contributed by atoms with Crippen LogP contribution in [0.4, 0.5) is 0 Å². The molecule has 0 spiro atoms. The molecule has 0 saturated carbocycles. The van der Waals surface area contributed by atoms with Crippen LogP contribution in [0, 0.1) is 0 Å². The molecule has 0 atom stereocenters. The Morgan fingerprint density at radius 2 is 1.95 bits per heavy atom. The summed E-state index contributed by atoms with van der Waals surface area (Å²) in [5, 5.41) is 13.6. The van der Waals surface area contributed by atoms with Gasteiger partial charge < -0.3 is 15.2 Å². The van der Waals surface area contributed by atoms with E-state index in [0.717, 1.165) is 0 Å². The van der Waals surface area contributed by atoms with E-state index in [-0.39, 0.29) is 29.3 Å². The molecule has 3 rings (SSSR count). The number of phenols is 1. The standard InChI is InChI=1S/C15H10ClNO5/c16-5-12(19)17-6-10-7-2-1-3-8-13(7)9(4-11(10)18)15(21)22-14(8)20/h1-4,18H,5-6H2,(H,17,19). The molecule has 2 aromatic rings. The maximum absolute atomic E-state index is 11.8. The summed E-state index contributed by atoms with van der Waals surface area (Å²) in [6.45, 7) is 0.0286. The summed E-state index contributed by atoms with van der Waals surface area (Å²) in [5.74, 6) is -2.30. The van der Waals surface area contributed by atoms with Gasteiger partial charge in [0, 0.05) is 17.5 Å². The molecule has 1 aliphatic rings. The predicted molar refractivity (Wildman–Crippen MR) is 77.9 cm³/mol. The number of phenolic OH excluding ortho intramolecular Hbond substituents is 1. The average molecular weight is 320 g/mol. The van der Waals surface area contributed by atoms with Crippen LogP contribution in [0.2, 0.25) is 0 Å². The molecule has 1 amide bonds. The first-order valence-electron chi connectivity index (χ1n) is 6.39. The fraction of sp³-hybridized carbons (Fsp3) is 0.133. The van der Waals surface area contributed by atoms with E-state index in [2.05, 4.69) is 10.1 Å². The van der Waals surface area contributed by atoms with Gasteiger partial charge in [0.2, 0.25) is 5.91 Å². The fourth-order valence-corrected chi connectivity index (χ4v) is 2.57. The van der Waals surface area contributed by atoms with Crippen LogP contribution in [0.1, 0.15) is 26.3 Å². The molecular formula is C15H10ClNO5. The molecule has 6 nitrogen and oxygen atoms in total. The van der Waals surface area contributed by atoms with Crippen LogP contribution in [-0.4, -0.2) is 28.8 Å². The van der Waals surface area contributed by atoms with Gasteiger partial charge in [-0.1, -0.05) is 12.1 Å². The lowest BCUT2D eigenvalue weighted by Crippen LogP contribution is -2.24. The Morgan fingerprint density at radius 1 is 1.23 bits per heavy atom. The Labute approximate surface area is 129 Å². The Morgan fingerprint density at radius 3 is 2.68 bits per heavy atom. The van der Waals surface area contributed by atoms with E-state index in [0.29, 0.717) is 16.3 Å². The highest BCUT2D eigenvalue weighted by Crippen LogP contribution is 2.35. The van der Waals surface area contributed by atoms with Crippen molar-refractivity contribution >= 4 is 40.2 Å². The van der Waals surface area contributed by atoms with Crippen LogP contribution in [0.15, 0.2) is 24.3 Å². The monoisotopic (exact) mass is 319 g/mol. The van der Waals surface area contributed by atoms with E-state index in [9.17, 15) is 19.5 Å². The van der Waals surface area contributed by atoms with Crippen LogP contribution in [0.3, 0.4) is 0 Å². The van der Waals surface area contributed by atoms with E-state index in [1.54, 1.807) is 18.2 Å². The molecule has 1 heterocycles. The van der Waals surface area contributed by atoms with Gasteiger partial charge in [-0.15, -0.1) is 11.6 Å². The first-order chi connectivity index (χ1) is 10.5. The predicted octanol–water partition coefficient (Wildman–Crippen LogP) is 1.71. The van der Waals surface area contributed by atoms with Crippen LogP contribution in [0.5, 0.6) is 5.75 Å². The molecule has 0 unspecified atom stereocenters. The number of amides is 1. The second kappa shape index (κ2) is 5.31. The number of ether oxygens (including phenoxy) is 1. The maximum atomic E-state index is 11.8. The minimum Gasteiger partial charge on any atom is -0.508 e. The molecule has 2 aromatic carbocycles. The zero-order valence-electron chi connectivity index (χ0n) is 11.2. The minimum absolute atomic E-state index is 0.0286. The van der Waals surface area contributed by atoms with Gasteiger partial charge >= 0.3 is 11.9 Å². The Balaban J connectivity index is 2.22. The van der Waals surface area contributed by atoms with Crippen molar-refractivity contribution in [1.29, 1.82) is 0 Å². The fourth-order valence-electron chi connectivity index (χ4n) is 2.47. The minimum atomic E-state index is -0.805. The number of carbonyl (C=O) groups excluding carboxylic acids is 3. The molecule has 1 aliphatic heterocycles. The summed E-state index contributed by atoms with van der Waals surface area (Å²) in [6.07, 6.45) is 0. The molecule has 0 bridgehead atoms. The maximum Gasteiger partial charge on any atom is 0.346 e. The molecule has 0 radical (unpaired) electrons. The largest absolute Gasteiger partial charge is 0.508 e. The van der Waals surface area contributed by atoms with E-state index in [1.165, 1.54) is 6.07 Å². The smallest absolute Gasteiger partial charge is 0.346 e. The van der Waals surface area contributed by atoms with Gasteiger partial charge in [0.15, 0.2) is 0 Å². The van der Waals surface area contributed by atoms with Gasteiger partial charge in [-0.05, 0) is 17.5 Å². The molecule has 0 aliphatic carbocycles. The summed E-state index contributed by atoms with van der Waals surface area (Å²) >= 11 is 5.42. The quantitative estimate of drug-likeness (QED) is 0.510. The number of nitrogens with one attached hydrogen (secondary N) is 1. The summed E-state index contributed by atoms with van der Waals surface area (Å²) in [7, 11) is 0. The van der Waals surface area contributed by atoms with Crippen molar-refractivity contribution in [2.75, 3.05) is 5.88 Å². The zero-order valence-corrected chi connectivity index (χ0v) is 11.9. The van der Waals surface area contributed by atoms with Crippen LogP contribution < -0.4 is 5.32 Å². The lowest BCUT2D eigenvalue weighted by molar-refractivity contribution is -0.118. The topological polar surface area (TPSA) is 92.7 Å². The Bertz CT molecular complexity index is 830. The van der Waals surface area contributed by atoms with E-state index < -0.39 is 17.8 Å². The molecule has 0 aromatic heterocycles. The number of alkyl halides is 1. The van der Waals surface area contributed by atoms with Gasteiger partial charge in [-0.3, -0.25) is 4.79 Å². The number of halogens is 1. The molecular weight excluding hydrogens is 310 g/mol. The van der Waals surface area contributed by atoms with Crippen molar-refractivity contribution in [1.82, 2.24) is 5.32 Å². The van der Waals surface area contributed by atoms with E-state index in [4.69, 9.17) is 11.6 Å². The van der Waals surface area contributed by atoms with Gasteiger partial charge in [0.25, 0.3) is 0 Å². The average Bonchev–Trinajstić information content (AvgIpc) is 2.51. The van der Waals surface area contributed by atoms with Crippen molar-refractivity contribution in [3.8, 4) is 5.75 Å². The lowest BCUT2D eigenvalue weighted by atomic mass is 9.93. The SMILES string of the molecule is O=C(CCl)NCc1c(O)cc2c3c(cccc13)C(=O)OC2=O. The van der Waals surface area contributed by atoms with Gasteiger partial charge in [0.05, 0.1) is 11.1 Å². The molecule has 7 heteroatoms. The summed E-state index contributed by atoms with van der Waals surface area (Å²) in [6, 6.07) is 6.06. The Hall–Kier alpha value is -2.60. The van der Waals surface area contributed by atoms with E-state index in [1.807, 2.05) is 0 Å². The van der Waals surface area contributed by atoms with Gasteiger partial charge in [-0.25, -0.2) is 9.59 Å². The normalized spacial score (nSPS) is 13.1. The van der Waals surface area contributed by atoms with Crippen LogP contribution in [0.25, 0.3) is 10.8 Å². The third kappa shape index (κ3) is 2.17. The molecule has 112 valence electrons. The Kier molecular flexibility index (Phi) is 3.46. The third-order valence-corrected chi connectivity index (χ3v) is 3.70.